The third-order valence-corrected chi connectivity index (χ3v) is 6.64. The maximum Gasteiger partial charge on any atom is 0.272 e. The lowest BCUT2D eigenvalue weighted by Crippen LogP contribution is -2.28. The molecule has 4 rings (SSSR count). The second-order valence-electron chi connectivity index (χ2n) is 7.24. The number of hydrogen-bond acceptors (Lipinski definition) is 4. The number of halogens is 3. The van der Waals surface area contributed by atoms with E-state index in [4.69, 9.17) is 23.2 Å². The molecule has 0 spiro atoms. The van der Waals surface area contributed by atoms with E-state index in [0.717, 1.165) is 11.1 Å². The first kappa shape index (κ1) is 23.3. The lowest BCUT2D eigenvalue weighted by atomic mass is 10.2. The molecule has 2 heterocycles. The number of carbonyl (C=O) groups is 1. The van der Waals surface area contributed by atoms with Gasteiger partial charge in [-0.05, 0) is 59.7 Å². The van der Waals surface area contributed by atoms with Crippen LogP contribution in [0.1, 0.15) is 21.6 Å². The highest BCUT2D eigenvalue weighted by Crippen LogP contribution is 2.33. The highest BCUT2D eigenvalue weighted by molar-refractivity contribution is 7.98. The van der Waals surface area contributed by atoms with Crippen LogP contribution < -0.4 is 0 Å². The summed E-state index contributed by atoms with van der Waals surface area (Å²) in [6, 6.07) is 15.0. The van der Waals surface area contributed by atoms with Gasteiger partial charge in [0.15, 0.2) is 5.16 Å². The van der Waals surface area contributed by atoms with Gasteiger partial charge in [-0.15, -0.1) is 0 Å². The number of benzene rings is 2. The maximum absolute atomic E-state index is 13.6. The van der Waals surface area contributed by atoms with Crippen LogP contribution in [-0.4, -0.2) is 32.4 Å². The molecule has 4 aromatic rings. The minimum Gasteiger partial charge on any atom is -0.336 e. The van der Waals surface area contributed by atoms with Gasteiger partial charge in [0.05, 0.1) is 6.20 Å². The molecule has 0 N–H and O–H groups in total. The SMILES string of the molecule is CN(Cc1ccncc1)C(=O)c1cnc(SCc2c(Cl)cccc2Cl)n1-c1ccc(F)cc1. The zero-order valence-corrected chi connectivity index (χ0v) is 19.9. The fourth-order valence-electron chi connectivity index (χ4n) is 3.26. The van der Waals surface area contributed by atoms with Crippen LogP contribution in [0.2, 0.25) is 10.0 Å². The Balaban J connectivity index is 1.66. The predicted molar refractivity (Wildman–Crippen MR) is 130 cm³/mol. The van der Waals surface area contributed by atoms with Gasteiger partial charge < -0.3 is 4.90 Å². The zero-order valence-electron chi connectivity index (χ0n) is 17.6. The van der Waals surface area contributed by atoms with Gasteiger partial charge in [0.25, 0.3) is 5.91 Å². The largest absolute Gasteiger partial charge is 0.336 e. The van der Waals surface area contributed by atoms with Crippen molar-refractivity contribution < 1.29 is 9.18 Å². The second kappa shape index (κ2) is 10.4. The van der Waals surface area contributed by atoms with E-state index < -0.39 is 0 Å². The molecule has 0 unspecified atom stereocenters. The molecule has 0 saturated carbocycles. The van der Waals surface area contributed by atoms with Gasteiger partial charge in [-0.1, -0.05) is 41.0 Å². The van der Waals surface area contributed by atoms with Crippen LogP contribution in [-0.2, 0) is 12.3 Å². The summed E-state index contributed by atoms with van der Waals surface area (Å²) in [7, 11) is 1.72. The Kier molecular flexibility index (Phi) is 7.33. The molecule has 0 aliphatic rings. The van der Waals surface area contributed by atoms with Crippen LogP contribution in [0.4, 0.5) is 4.39 Å². The van der Waals surface area contributed by atoms with Crippen molar-refractivity contribution in [1.82, 2.24) is 19.4 Å². The molecule has 2 aromatic carbocycles. The van der Waals surface area contributed by atoms with Gasteiger partial charge in [0, 0.05) is 47.5 Å². The average Bonchev–Trinajstić information content (AvgIpc) is 3.23. The van der Waals surface area contributed by atoms with Crippen molar-refractivity contribution in [3.63, 3.8) is 0 Å². The number of hydrogen-bond donors (Lipinski definition) is 0. The zero-order chi connectivity index (χ0) is 23.4. The van der Waals surface area contributed by atoms with Crippen LogP contribution >= 0.6 is 35.0 Å². The third kappa shape index (κ3) is 5.38. The molecule has 0 fully saturated rings. The molecule has 2 aromatic heterocycles. The minimum absolute atomic E-state index is 0.216. The van der Waals surface area contributed by atoms with E-state index in [0.29, 0.717) is 38.9 Å². The van der Waals surface area contributed by atoms with Crippen molar-refractivity contribution in [3.05, 3.63) is 106 Å². The first-order valence-corrected chi connectivity index (χ1v) is 11.7. The topological polar surface area (TPSA) is 51.0 Å². The van der Waals surface area contributed by atoms with Crippen LogP contribution in [0.5, 0.6) is 0 Å². The Morgan fingerprint density at radius 2 is 1.73 bits per heavy atom. The minimum atomic E-state index is -0.362. The number of thioether (sulfide) groups is 1. The average molecular weight is 501 g/mol. The Hall–Kier alpha value is -2.87. The molecule has 0 aliphatic heterocycles. The van der Waals surface area contributed by atoms with Gasteiger partial charge in [-0.2, -0.15) is 0 Å². The first-order chi connectivity index (χ1) is 15.9. The molecule has 0 aliphatic carbocycles. The summed E-state index contributed by atoms with van der Waals surface area (Å²) in [5, 5.41) is 1.69. The number of pyridine rings is 1. The Labute approximate surface area is 205 Å². The summed E-state index contributed by atoms with van der Waals surface area (Å²) >= 11 is 14.0. The predicted octanol–water partition coefficient (Wildman–Crippen LogP) is 6.28. The molecule has 0 saturated heterocycles. The molecule has 9 heteroatoms. The third-order valence-electron chi connectivity index (χ3n) is 4.96. The number of carbonyl (C=O) groups excluding carboxylic acids is 1. The summed E-state index contributed by atoms with van der Waals surface area (Å²) in [4.78, 5) is 23.4. The molecule has 1 amide bonds. The normalized spacial score (nSPS) is 10.9. The van der Waals surface area contributed by atoms with Crippen LogP contribution in [0, 0.1) is 5.82 Å². The van der Waals surface area contributed by atoms with E-state index in [9.17, 15) is 9.18 Å². The number of nitrogens with zero attached hydrogens (tertiary/aromatic N) is 4. The van der Waals surface area contributed by atoms with Crippen molar-refractivity contribution in [2.45, 2.75) is 17.5 Å². The fourth-order valence-corrected chi connectivity index (χ4v) is 5.00. The number of amides is 1. The Morgan fingerprint density at radius 3 is 2.39 bits per heavy atom. The molecular formula is C24H19Cl2FN4OS. The van der Waals surface area contributed by atoms with E-state index in [-0.39, 0.29) is 11.7 Å². The molecule has 0 radical (unpaired) electrons. The van der Waals surface area contributed by atoms with Crippen molar-refractivity contribution in [1.29, 1.82) is 0 Å². The van der Waals surface area contributed by atoms with Crippen molar-refractivity contribution in [2.24, 2.45) is 0 Å². The quantitative estimate of drug-likeness (QED) is 0.280. The van der Waals surface area contributed by atoms with E-state index in [1.807, 2.05) is 12.1 Å². The molecule has 33 heavy (non-hydrogen) atoms. The van der Waals surface area contributed by atoms with E-state index in [2.05, 4.69) is 9.97 Å². The van der Waals surface area contributed by atoms with Gasteiger partial charge in [0.1, 0.15) is 11.5 Å². The highest BCUT2D eigenvalue weighted by Gasteiger charge is 2.22. The van der Waals surface area contributed by atoms with Gasteiger partial charge >= 0.3 is 0 Å². The highest BCUT2D eigenvalue weighted by atomic mass is 35.5. The number of rotatable bonds is 7. The maximum atomic E-state index is 13.6. The first-order valence-electron chi connectivity index (χ1n) is 9.98. The Bertz CT molecular complexity index is 1250. The molecule has 5 nitrogen and oxygen atoms in total. The van der Waals surface area contributed by atoms with Crippen molar-refractivity contribution in [3.8, 4) is 5.69 Å². The molecule has 0 atom stereocenters. The standard InChI is InChI=1S/C24H19Cl2FN4OS/c1-30(14-16-9-11-28-12-10-16)23(32)22-13-29-24(31(22)18-7-5-17(27)6-8-18)33-15-19-20(25)3-2-4-21(19)26/h2-13H,14-15H2,1H3. The van der Waals surface area contributed by atoms with Crippen molar-refractivity contribution >= 4 is 40.9 Å². The summed E-state index contributed by atoms with van der Waals surface area (Å²) in [6.45, 7) is 0.410. The van der Waals surface area contributed by atoms with Gasteiger partial charge in [-0.25, -0.2) is 9.37 Å². The Morgan fingerprint density at radius 1 is 1.06 bits per heavy atom. The monoisotopic (exact) mass is 500 g/mol. The van der Waals surface area contributed by atoms with Crippen LogP contribution in [0.15, 0.2) is 78.3 Å². The number of aromatic nitrogens is 3. The number of imidazole rings is 1. The molecule has 0 bridgehead atoms. The van der Waals surface area contributed by atoms with E-state index in [1.54, 1.807) is 59.2 Å². The van der Waals surface area contributed by atoms with Crippen molar-refractivity contribution in [2.75, 3.05) is 7.05 Å². The van der Waals surface area contributed by atoms with Gasteiger partial charge in [-0.3, -0.25) is 14.3 Å². The summed E-state index contributed by atoms with van der Waals surface area (Å²) in [6.07, 6.45) is 4.90. The van der Waals surface area contributed by atoms with Crippen LogP contribution in [0.3, 0.4) is 0 Å². The molecular weight excluding hydrogens is 482 g/mol. The lowest BCUT2D eigenvalue weighted by Gasteiger charge is -2.19. The lowest BCUT2D eigenvalue weighted by molar-refractivity contribution is 0.0776. The fraction of sp³-hybridized carbons (Fsp3) is 0.125. The van der Waals surface area contributed by atoms with E-state index in [1.165, 1.54) is 30.1 Å². The summed E-state index contributed by atoms with van der Waals surface area (Å²) in [5.41, 5.74) is 2.73. The summed E-state index contributed by atoms with van der Waals surface area (Å²) < 4.78 is 15.3. The second-order valence-corrected chi connectivity index (χ2v) is 9.00. The molecule has 168 valence electrons. The van der Waals surface area contributed by atoms with E-state index >= 15 is 0 Å². The smallest absolute Gasteiger partial charge is 0.272 e. The summed E-state index contributed by atoms with van der Waals surface area (Å²) in [5.74, 6) is -0.123. The van der Waals surface area contributed by atoms with Gasteiger partial charge in [0.2, 0.25) is 0 Å². The van der Waals surface area contributed by atoms with Crippen LogP contribution in [0.25, 0.3) is 5.69 Å².